The van der Waals surface area contributed by atoms with E-state index in [1.807, 2.05) is 0 Å². The average molecular weight is 308 g/mol. The number of esters is 1. The van der Waals surface area contributed by atoms with E-state index in [1.165, 1.54) is 13.1 Å². The molecule has 0 saturated carbocycles. The van der Waals surface area contributed by atoms with Gasteiger partial charge in [-0.15, -0.1) is 0 Å². The minimum absolute atomic E-state index is 0.0169. The number of halogens is 3. The first-order chi connectivity index (χ1) is 10.4. The predicted octanol–water partition coefficient (Wildman–Crippen LogP) is 3.68. The normalized spacial score (nSPS) is 12.0. The van der Waals surface area contributed by atoms with Crippen LogP contribution in [0.4, 0.5) is 13.2 Å². The molecule has 0 fully saturated rings. The highest BCUT2D eigenvalue weighted by Crippen LogP contribution is 2.34. The van der Waals surface area contributed by atoms with Crippen molar-refractivity contribution in [1.82, 2.24) is 9.38 Å². The summed E-state index contributed by atoms with van der Waals surface area (Å²) in [7, 11) is 0. The molecule has 0 aliphatic carbocycles. The molecule has 0 radical (unpaired) electrons. The smallest absolute Gasteiger partial charge is 0.435 e. The zero-order valence-electron chi connectivity index (χ0n) is 11.5. The van der Waals surface area contributed by atoms with E-state index in [0.29, 0.717) is 5.39 Å². The van der Waals surface area contributed by atoms with Crippen LogP contribution in [0.5, 0.6) is 0 Å². The second kappa shape index (κ2) is 5.01. The van der Waals surface area contributed by atoms with E-state index in [1.54, 1.807) is 30.3 Å². The summed E-state index contributed by atoms with van der Waals surface area (Å²) in [5.74, 6) is -1.04. The van der Waals surface area contributed by atoms with Crippen molar-refractivity contribution in [2.24, 2.45) is 0 Å². The number of carbonyl (C=O) groups is 1. The van der Waals surface area contributed by atoms with Crippen molar-refractivity contribution in [3.05, 3.63) is 47.9 Å². The van der Waals surface area contributed by atoms with Crippen molar-refractivity contribution in [3.63, 3.8) is 0 Å². The van der Waals surface area contributed by atoms with Gasteiger partial charge in [0.25, 0.3) is 0 Å². The van der Waals surface area contributed by atoms with Crippen LogP contribution in [0.2, 0.25) is 0 Å². The Kier molecular flexibility index (Phi) is 3.27. The van der Waals surface area contributed by atoms with Gasteiger partial charge in [-0.3, -0.25) is 4.40 Å². The number of ether oxygens (including phenoxy) is 1. The molecule has 7 heteroatoms. The molecular weight excluding hydrogens is 297 g/mol. The number of fused-ring (bicyclic) bond motifs is 3. The highest BCUT2D eigenvalue weighted by molar-refractivity contribution is 5.97. The van der Waals surface area contributed by atoms with E-state index in [9.17, 15) is 18.0 Å². The number of aromatic nitrogens is 2. The van der Waals surface area contributed by atoms with Gasteiger partial charge in [0.2, 0.25) is 0 Å². The second-order valence-corrected chi connectivity index (χ2v) is 4.62. The Hall–Kier alpha value is -2.57. The lowest BCUT2D eigenvalue weighted by atomic mass is 10.2. The minimum atomic E-state index is -4.74. The summed E-state index contributed by atoms with van der Waals surface area (Å²) in [4.78, 5) is 15.6. The summed E-state index contributed by atoms with van der Waals surface area (Å²) in [5.41, 5.74) is -1.76. The van der Waals surface area contributed by atoms with Crippen LogP contribution in [0.25, 0.3) is 16.4 Å². The number of hydrogen-bond acceptors (Lipinski definition) is 3. The number of rotatable bonds is 2. The summed E-state index contributed by atoms with van der Waals surface area (Å²) < 4.78 is 45.5. The lowest BCUT2D eigenvalue weighted by Gasteiger charge is -2.07. The lowest BCUT2D eigenvalue weighted by molar-refractivity contribution is -0.141. The monoisotopic (exact) mass is 308 g/mol. The Bertz CT molecular complexity index is 868. The van der Waals surface area contributed by atoms with E-state index >= 15 is 0 Å². The van der Waals surface area contributed by atoms with Gasteiger partial charge in [0.05, 0.1) is 6.61 Å². The highest BCUT2D eigenvalue weighted by Gasteiger charge is 2.40. The van der Waals surface area contributed by atoms with Crippen molar-refractivity contribution in [3.8, 4) is 0 Å². The fourth-order valence-corrected chi connectivity index (χ4v) is 2.36. The third-order valence-electron chi connectivity index (χ3n) is 3.25. The van der Waals surface area contributed by atoms with Gasteiger partial charge in [0, 0.05) is 11.6 Å². The van der Waals surface area contributed by atoms with Gasteiger partial charge in [-0.25, -0.2) is 9.78 Å². The fraction of sp³-hybridized carbons (Fsp3) is 0.200. The molecule has 0 unspecified atom stereocenters. The number of nitrogens with zero attached hydrogens (tertiary/aromatic N) is 2. The van der Waals surface area contributed by atoms with Gasteiger partial charge >= 0.3 is 12.1 Å². The topological polar surface area (TPSA) is 43.6 Å². The molecule has 3 aromatic rings. The molecule has 0 aliphatic rings. The van der Waals surface area contributed by atoms with Crippen molar-refractivity contribution in [2.75, 3.05) is 6.61 Å². The van der Waals surface area contributed by atoms with Gasteiger partial charge in [0.15, 0.2) is 11.4 Å². The molecular formula is C15H11F3N2O2. The number of alkyl halides is 3. The Morgan fingerprint density at radius 1 is 1.27 bits per heavy atom. The third kappa shape index (κ3) is 2.18. The Balaban J connectivity index is 2.39. The van der Waals surface area contributed by atoms with Crippen molar-refractivity contribution in [2.45, 2.75) is 13.1 Å². The van der Waals surface area contributed by atoms with Crippen LogP contribution in [0.1, 0.15) is 23.1 Å². The van der Waals surface area contributed by atoms with E-state index in [2.05, 4.69) is 4.98 Å². The molecule has 2 aromatic heterocycles. The zero-order chi connectivity index (χ0) is 15.9. The summed E-state index contributed by atoms with van der Waals surface area (Å²) in [5, 5.41) is 1.27. The van der Waals surface area contributed by atoms with Gasteiger partial charge in [-0.1, -0.05) is 24.3 Å². The molecule has 2 heterocycles. The van der Waals surface area contributed by atoms with Crippen molar-refractivity contribution < 1.29 is 22.7 Å². The number of hydrogen-bond donors (Lipinski definition) is 0. The Morgan fingerprint density at radius 2 is 2.00 bits per heavy atom. The SMILES string of the molecule is CCOC(=O)c1c(C(F)(F)F)nc2c3ccccc3ccn12. The van der Waals surface area contributed by atoms with Crippen molar-refractivity contribution >= 4 is 22.4 Å². The first-order valence-electron chi connectivity index (χ1n) is 6.57. The molecule has 0 bridgehead atoms. The first kappa shape index (κ1) is 14.4. The molecule has 0 N–H and O–H groups in total. The first-order valence-corrected chi connectivity index (χ1v) is 6.57. The fourth-order valence-electron chi connectivity index (χ4n) is 2.36. The zero-order valence-corrected chi connectivity index (χ0v) is 11.5. The average Bonchev–Trinajstić information content (AvgIpc) is 2.87. The standard InChI is InChI=1S/C15H11F3N2O2/c1-2-22-14(21)11-12(15(16,17)18)19-13-10-6-4-3-5-9(10)7-8-20(11)13/h3-8H,2H2,1H3. The summed E-state index contributed by atoms with van der Waals surface area (Å²) in [6, 6.07) is 8.54. The molecule has 0 atom stereocenters. The molecule has 1 aromatic carbocycles. The summed E-state index contributed by atoms with van der Waals surface area (Å²) >= 11 is 0. The maximum absolute atomic E-state index is 13.2. The van der Waals surface area contributed by atoms with Crippen LogP contribution in [-0.4, -0.2) is 22.0 Å². The molecule has 3 rings (SSSR count). The number of benzene rings is 1. The largest absolute Gasteiger partial charge is 0.461 e. The van der Waals surface area contributed by atoms with E-state index in [0.717, 1.165) is 9.79 Å². The Morgan fingerprint density at radius 3 is 2.68 bits per heavy atom. The number of imidazole rings is 1. The van der Waals surface area contributed by atoms with Gasteiger partial charge in [0.1, 0.15) is 5.65 Å². The molecule has 0 spiro atoms. The second-order valence-electron chi connectivity index (χ2n) is 4.62. The maximum Gasteiger partial charge on any atom is 0.435 e. The summed E-state index contributed by atoms with van der Waals surface area (Å²) in [6.45, 7) is 1.51. The van der Waals surface area contributed by atoms with Gasteiger partial charge in [-0.2, -0.15) is 13.2 Å². The van der Waals surface area contributed by atoms with Crippen LogP contribution in [0.15, 0.2) is 36.5 Å². The Labute approximate surface area is 123 Å². The van der Waals surface area contributed by atoms with Gasteiger partial charge < -0.3 is 4.74 Å². The maximum atomic E-state index is 13.2. The van der Waals surface area contributed by atoms with Crippen molar-refractivity contribution in [1.29, 1.82) is 0 Å². The molecule has 0 aliphatic heterocycles. The molecule has 0 amide bonds. The third-order valence-corrected chi connectivity index (χ3v) is 3.25. The van der Waals surface area contributed by atoms with E-state index in [-0.39, 0.29) is 12.3 Å². The van der Waals surface area contributed by atoms with Gasteiger partial charge in [-0.05, 0) is 18.4 Å². The van der Waals surface area contributed by atoms with Crippen LogP contribution >= 0.6 is 0 Å². The van der Waals surface area contributed by atoms with Crippen LogP contribution < -0.4 is 0 Å². The lowest BCUT2D eigenvalue weighted by Crippen LogP contribution is -2.16. The predicted molar refractivity (Wildman–Crippen MR) is 73.7 cm³/mol. The summed E-state index contributed by atoms with van der Waals surface area (Å²) in [6.07, 6.45) is -3.35. The van der Waals surface area contributed by atoms with Crippen LogP contribution in [0.3, 0.4) is 0 Å². The van der Waals surface area contributed by atoms with E-state index < -0.39 is 23.5 Å². The quantitative estimate of drug-likeness (QED) is 0.678. The highest BCUT2D eigenvalue weighted by atomic mass is 19.4. The minimum Gasteiger partial charge on any atom is -0.461 e. The van der Waals surface area contributed by atoms with Crippen LogP contribution in [-0.2, 0) is 10.9 Å². The number of pyridine rings is 1. The number of carbonyl (C=O) groups excluding carboxylic acids is 1. The molecule has 4 nitrogen and oxygen atoms in total. The van der Waals surface area contributed by atoms with E-state index in [4.69, 9.17) is 4.74 Å². The molecule has 22 heavy (non-hydrogen) atoms. The van der Waals surface area contributed by atoms with Crippen LogP contribution in [0, 0.1) is 0 Å². The molecule has 0 saturated heterocycles. The molecule has 114 valence electrons.